The van der Waals surface area contributed by atoms with Gasteiger partial charge in [0.05, 0.1) is 146 Å². The molecule has 0 aromatic heterocycles. The van der Waals surface area contributed by atoms with Gasteiger partial charge >= 0.3 is 11.9 Å². The van der Waals surface area contributed by atoms with Gasteiger partial charge in [0.1, 0.15) is 32.2 Å². The zero-order valence-electron chi connectivity index (χ0n) is 49.1. The van der Waals surface area contributed by atoms with Crippen molar-refractivity contribution in [2.24, 2.45) is 26.8 Å². The van der Waals surface area contributed by atoms with Crippen molar-refractivity contribution in [3.05, 3.63) is 109 Å². The molecular formula is C61H82N4O17. The Hall–Kier alpha value is -6.27. The second kappa shape index (κ2) is 32.5. The quantitative estimate of drug-likeness (QED) is 0.0484. The van der Waals surface area contributed by atoms with E-state index < -0.39 is 5.97 Å². The molecule has 1 aliphatic carbocycles. The van der Waals surface area contributed by atoms with E-state index in [2.05, 4.69) is 19.2 Å². The van der Waals surface area contributed by atoms with Crippen molar-refractivity contribution in [3.63, 3.8) is 0 Å². The van der Waals surface area contributed by atoms with Crippen LogP contribution < -0.4 is 19.5 Å². The number of nitrogens with one attached hydrogen (secondary N) is 1. The molecule has 0 radical (unpaired) electrons. The van der Waals surface area contributed by atoms with E-state index in [4.69, 9.17) is 81.3 Å². The Morgan fingerprint density at radius 2 is 1.16 bits per heavy atom. The minimum Gasteiger partial charge on any atom is -0.511 e. The summed E-state index contributed by atoms with van der Waals surface area (Å²) < 4.78 is 79.7. The number of esters is 2. The number of nitrogens with zero attached hydrogens (tertiary/aromatic N) is 3. The molecule has 7 rings (SSSR count). The van der Waals surface area contributed by atoms with Crippen LogP contribution in [0.1, 0.15) is 65.9 Å². The highest BCUT2D eigenvalue weighted by atomic mass is 16.6. The SMILES string of the molecule is CCC1=C(C)C2=NC1=CC1=C(C)C3=C(O)CC(=C4NC(=CC5=NC(=C2)C(C(=O)OCc2cc(OCCOCCOCCOC)c(OCCOCCOCCOC)c(OCCOCCOCCOC)c2)=C5C)[C@@H](C)[C@@H]4CCC(=O)OC)C3=N1. The lowest BCUT2D eigenvalue weighted by molar-refractivity contribution is -0.141. The summed E-state index contributed by atoms with van der Waals surface area (Å²) in [6, 6.07) is 3.50. The summed E-state index contributed by atoms with van der Waals surface area (Å²) in [5.41, 5.74) is 11.3. The Labute approximate surface area is 481 Å². The van der Waals surface area contributed by atoms with Crippen molar-refractivity contribution in [2.75, 3.05) is 147 Å². The van der Waals surface area contributed by atoms with Gasteiger partial charge in [0.15, 0.2) is 11.5 Å². The minimum absolute atomic E-state index is 0.125. The lowest BCUT2D eigenvalue weighted by Crippen LogP contribution is -2.16. The molecule has 2 N–H and O–H groups in total. The number of carbonyl (C=O) groups is 2. The van der Waals surface area contributed by atoms with Gasteiger partial charge < -0.3 is 76.7 Å². The number of aliphatic hydroxyl groups is 1. The molecule has 6 aliphatic rings. The van der Waals surface area contributed by atoms with E-state index in [9.17, 15) is 14.7 Å². The molecule has 448 valence electrons. The maximum absolute atomic E-state index is 14.9. The predicted molar refractivity (Wildman–Crippen MR) is 307 cm³/mol. The highest BCUT2D eigenvalue weighted by Gasteiger charge is 2.42. The molecule has 0 amide bonds. The fourth-order valence-corrected chi connectivity index (χ4v) is 10.0. The van der Waals surface area contributed by atoms with Crippen LogP contribution in [0.4, 0.5) is 0 Å². The van der Waals surface area contributed by atoms with Crippen molar-refractivity contribution in [2.45, 2.75) is 66.9 Å². The molecule has 0 saturated carbocycles. The van der Waals surface area contributed by atoms with Crippen LogP contribution in [0.2, 0.25) is 0 Å². The smallest absolute Gasteiger partial charge is 0.341 e. The summed E-state index contributed by atoms with van der Waals surface area (Å²) in [5.74, 6) is 0.0190. The minimum atomic E-state index is -0.610. The van der Waals surface area contributed by atoms with Crippen LogP contribution in [0.5, 0.6) is 17.2 Å². The number of ether oxygens (including phenoxy) is 14. The molecular weight excluding hydrogens is 1060 g/mol. The molecule has 21 heteroatoms. The van der Waals surface area contributed by atoms with E-state index in [0.717, 1.165) is 45.0 Å². The number of allylic oxidation sites excluding steroid dienone is 11. The van der Waals surface area contributed by atoms with Gasteiger partial charge in [0, 0.05) is 68.5 Å². The lowest BCUT2D eigenvalue weighted by atomic mass is 9.86. The molecule has 0 unspecified atom stereocenters. The zero-order chi connectivity index (χ0) is 58.4. The molecule has 5 heterocycles. The number of fused-ring (bicyclic) bond motifs is 5. The first kappa shape index (κ1) is 63.3. The number of hydrogen-bond donors (Lipinski definition) is 2. The summed E-state index contributed by atoms with van der Waals surface area (Å²) in [6.45, 7) is 16.1. The van der Waals surface area contributed by atoms with Crippen LogP contribution in [-0.2, 0) is 68.3 Å². The fourth-order valence-electron chi connectivity index (χ4n) is 10.0. The summed E-state index contributed by atoms with van der Waals surface area (Å²) in [7, 11) is 6.24. The van der Waals surface area contributed by atoms with E-state index in [0.29, 0.717) is 149 Å². The molecule has 1 saturated heterocycles. The van der Waals surface area contributed by atoms with E-state index in [1.54, 1.807) is 33.5 Å². The number of aliphatic imine (C=N–C) groups is 3. The van der Waals surface area contributed by atoms with Crippen LogP contribution >= 0.6 is 0 Å². The van der Waals surface area contributed by atoms with Crippen LogP contribution in [0.15, 0.2) is 119 Å². The Bertz CT molecular complexity index is 2750. The average Bonchev–Trinajstić information content (AvgIpc) is 4.33. The number of benzene rings is 1. The highest BCUT2D eigenvalue weighted by molar-refractivity contribution is 6.22. The summed E-state index contributed by atoms with van der Waals surface area (Å²) in [5, 5.41) is 15.2. The van der Waals surface area contributed by atoms with Crippen LogP contribution in [0, 0.1) is 11.8 Å². The summed E-state index contributed by atoms with van der Waals surface area (Å²) in [4.78, 5) is 42.9. The predicted octanol–water partition coefficient (Wildman–Crippen LogP) is 7.53. The third kappa shape index (κ3) is 16.7. The molecule has 21 nitrogen and oxygen atoms in total. The third-order valence-electron chi connectivity index (χ3n) is 14.4. The van der Waals surface area contributed by atoms with Crippen molar-refractivity contribution in [3.8, 4) is 17.2 Å². The third-order valence-corrected chi connectivity index (χ3v) is 14.4. The molecule has 1 aromatic rings. The second-order valence-electron chi connectivity index (χ2n) is 19.8. The maximum atomic E-state index is 14.9. The van der Waals surface area contributed by atoms with E-state index in [1.807, 2.05) is 39.0 Å². The van der Waals surface area contributed by atoms with Gasteiger partial charge in [0.25, 0.3) is 0 Å². The van der Waals surface area contributed by atoms with Crippen molar-refractivity contribution < 1.29 is 81.0 Å². The van der Waals surface area contributed by atoms with Gasteiger partial charge in [-0.05, 0) is 91.8 Å². The van der Waals surface area contributed by atoms with Gasteiger partial charge in [-0.3, -0.25) is 4.79 Å². The monoisotopic (exact) mass is 1140 g/mol. The first-order valence-electron chi connectivity index (χ1n) is 28.1. The number of aliphatic hydroxyl groups excluding tert-OH is 1. The van der Waals surface area contributed by atoms with Crippen molar-refractivity contribution in [1.82, 2.24) is 5.32 Å². The Morgan fingerprint density at radius 3 is 1.71 bits per heavy atom. The van der Waals surface area contributed by atoms with Gasteiger partial charge in [0.2, 0.25) is 5.75 Å². The van der Waals surface area contributed by atoms with Gasteiger partial charge in [-0.2, -0.15) is 0 Å². The molecule has 82 heavy (non-hydrogen) atoms. The number of methoxy groups -OCH3 is 4. The Kier molecular flexibility index (Phi) is 25.1. The average molecular weight is 1140 g/mol. The van der Waals surface area contributed by atoms with Crippen LogP contribution in [-0.4, -0.2) is 182 Å². The van der Waals surface area contributed by atoms with Gasteiger partial charge in [-0.25, -0.2) is 19.8 Å². The summed E-state index contributed by atoms with van der Waals surface area (Å²) >= 11 is 0. The van der Waals surface area contributed by atoms with Crippen molar-refractivity contribution >= 4 is 29.1 Å². The zero-order valence-corrected chi connectivity index (χ0v) is 49.1. The molecule has 0 spiro atoms. The normalized spacial score (nSPS) is 18.3. The van der Waals surface area contributed by atoms with E-state index in [1.165, 1.54) is 7.11 Å². The topological polar surface area (TPSA) is 233 Å². The van der Waals surface area contributed by atoms with Gasteiger partial charge in [-0.15, -0.1) is 0 Å². The van der Waals surface area contributed by atoms with Crippen molar-refractivity contribution in [1.29, 1.82) is 0 Å². The fraction of sp³-hybridized carbons (Fsp3) is 0.557. The molecule has 2 atom stereocenters. The standard InChI is InChI=1S/C61H82N4O17/c1-10-43-38(2)46-36-51-56(40(4)48(63-51)34-47-39(3)44(11-12-55(67)72-9)58(64-47)45-33-52(66)57-41(5)49(65-59(45)57)35-50(43)62-46)61(68)82-37-42-31-53(79-28-25-76-22-19-73-16-13-69-6)60(81-30-27-78-24-21-75-18-15-71-8)54(32-42)80-29-26-77-23-20-74-17-14-70-7/h31-32,34-36,39,44,64,66H,10-30,33,37H2,1-9H3/t39-,44-/m0/s1. The molecule has 5 aliphatic heterocycles. The second-order valence-corrected chi connectivity index (χ2v) is 19.8. The Balaban J connectivity index is 1.19. The van der Waals surface area contributed by atoms with E-state index >= 15 is 0 Å². The maximum Gasteiger partial charge on any atom is 0.341 e. The number of carbonyl (C=O) groups excluding carboxylic acids is 2. The van der Waals surface area contributed by atoms with Crippen LogP contribution in [0.25, 0.3) is 0 Å². The van der Waals surface area contributed by atoms with Gasteiger partial charge in [-0.1, -0.05) is 13.8 Å². The number of hydrogen-bond acceptors (Lipinski definition) is 21. The van der Waals surface area contributed by atoms with Crippen LogP contribution in [0.3, 0.4) is 0 Å². The van der Waals surface area contributed by atoms with E-state index in [-0.39, 0.29) is 88.2 Å². The summed E-state index contributed by atoms with van der Waals surface area (Å²) in [6.07, 6.45) is 7.42. The Morgan fingerprint density at radius 1 is 0.634 bits per heavy atom. The first-order valence-corrected chi connectivity index (χ1v) is 28.1. The molecule has 1 aromatic carbocycles. The number of rotatable bonds is 37. The highest BCUT2D eigenvalue weighted by Crippen LogP contribution is 2.47. The molecule has 1 fully saturated rings. The largest absolute Gasteiger partial charge is 0.511 e. The lowest BCUT2D eigenvalue weighted by Gasteiger charge is -2.19. The first-order chi connectivity index (χ1) is 39.9. The molecule has 8 bridgehead atoms.